The molecule has 0 bridgehead atoms. The SMILES string of the molecule is O=C(/C=C/c1cccs1)Nc1nc(-c2cccc3ccccc23)cs1. The fraction of sp³-hybridized carbons (Fsp3) is 0. The third-order valence-electron chi connectivity index (χ3n) is 3.74. The summed E-state index contributed by atoms with van der Waals surface area (Å²) in [5.74, 6) is -0.174. The molecule has 0 fully saturated rings. The Labute approximate surface area is 153 Å². The molecular formula is C20H14N2OS2. The maximum Gasteiger partial charge on any atom is 0.250 e. The summed E-state index contributed by atoms with van der Waals surface area (Å²) in [5.41, 5.74) is 1.95. The fourth-order valence-electron chi connectivity index (χ4n) is 2.59. The van der Waals surface area contributed by atoms with E-state index in [0.29, 0.717) is 5.13 Å². The van der Waals surface area contributed by atoms with Gasteiger partial charge >= 0.3 is 0 Å². The first-order valence-corrected chi connectivity index (χ1v) is 9.52. The van der Waals surface area contributed by atoms with E-state index in [2.05, 4.69) is 34.6 Å². The zero-order chi connectivity index (χ0) is 17.1. The lowest BCUT2D eigenvalue weighted by molar-refractivity contribution is -0.111. The van der Waals surface area contributed by atoms with E-state index < -0.39 is 0 Å². The Morgan fingerprint density at radius 2 is 1.88 bits per heavy atom. The minimum atomic E-state index is -0.174. The van der Waals surface area contributed by atoms with Gasteiger partial charge in [0, 0.05) is 21.9 Å². The molecule has 0 unspecified atom stereocenters. The van der Waals surface area contributed by atoms with Crippen LogP contribution in [0.25, 0.3) is 28.1 Å². The largest absolute Gasteiger partial charge is 0.298 e. The standard InChI is InChI=1S/C20H14N2OS2/c23-19(11-10-15-7-4-12-24-15)22-20-21-18(13-25-20)17-9-3-6-14-5-1-2-8-16(14)17/h1-13H,(H,21,22,23)/b11-10+. The van der Waals surface area contributed by atoms with Crippen LogP contribution in [0.1, 0.15) is 4.88 Å². The van der Waals surface area contributed by atoms with Gasteiger partial charge in [-0.2, -0.15) is 0 Å². The van der Waals surface area contributed by atoms with Gasteiger partial charge in [0.2, 0.25) is 5.91 Å². The first-order chi connectivity index (χ1) is 12.3. The smallest absolute Gasteiger partial charge is 0.250 e. The van der Waals surface area contributed by atoms with Gasteiger partial charge in [0.15, 0.2) is 5.13 Å². The summed E-state index contributed by atoms with van der Waals surface area (Å²) >= 11 is 3.02. The van der Waals surface area contributed by atoms with Crippen LogP contribution < -0.4 is 5.32 Å². The highest BCUT2D eigenvalue weighted by Crippen LogP contribution is 2.30. The van der Waals surface area contributed by atoms with Crippen LogP contribution in [0.2, 0.25) is 0 Å². The Hall–Kier alpha value is -2.76. The molecule has 5 heteroatoms. The summed E-state index contributed by atoms with van der Waals surface area (Å²) in [5, 5.41) is 9.72. The Morgan fingerprint density at radius 1 is 1.00 bits per heavy atom. The molecule has 0 radical (unpaired) electrons. The number of benzene rings is 2. The Balaban J connectivity index is 1.55. The Kier molecular flexibility index (Phi) is 4.41. The minimum absolute atomic E-state index is 0.174. The summed E-state index contributed by atoms with van der Waals surface area (Å²) < 4.78 is 0. The van der Waals surface area contributed by atoms with Gasteiger partial charge in [-0.1, -0.05) is 48.5 Å². The molecule has 0 aliphatic rings. The van der Waals surface area contributed by atoms with Crippen molar-refractivity contribution in [3.8, 4) is 11.3 Å². The number of thiazole rings is 1. The molecule has 1 N–H and O–H groups in total. The molecule has 2 aromatic heterocycles. The van der Waals surface area contributed by atoms with E-state index in [0.717, 1.165) is 21.5 Å². The monoisotopic (exact) mass is 362 g/mol. The first kappa shape index (κ1) is 15.7. The quantitative estimate of drug-likeness (QED) is 0.475. The number of nitrogens with one attached hydrogen (secondary N) is 1. The number of rotatable bonds is 4. The van der Waals surface area contributed by atoms with Crippen LogP contribution in [0.3, 0.4) is 0 Å². The van der Waals surface area contributed by atoms with Crippen LogP contribution in [-0.4, -0.2) is 10.9 Å². The lowest BCUT2D eigenvalue weighted by atomic mass is 10.0. The maximum atomic E-state index is 12.0. The molecule has 0 saturated heterocycles. The topological polar surface area (TPSA) is 42.0 Å². The first-order valence-electron chi connectivity index (χ1n) is 7.76. The molecule has 0 spiro atoms. The van der Waals surface area contributed by atoms with Gasteiger partial charge in [-0.3, -0.25) is 10.1 Å². The molecule has 2 heterocycles. The number of carbonyl (C=O) groups is 1. The highest BCUT2D eigenvalue weighted by atomic mass is 32.1. The minimum Gasteiger partial charge on any atom is -0.298 e. The van der Waals surface area contributed by atoms with Gasteiger partial charge in [-0.15, -0.1) is 22.7 Å². The molecule has 0 atom stereocenters. The molecule has 0 aliphatic carbocycles. The second-order valence-corrected chi connectivity index (χ2v) is 7.24. The predicted octanol–water partition coefficient (Wildman–Crippen LogP) is 5.68. The van der Waals surface area contributed by atoms with Crippen molar-refractivity contribution >= 4 is 50.6 Å². The van der Waals surface area contributed by atoms with Crippen molar-refractivity contribution in [2.45, 2.75) is 0 Å². The van der Waals surface area contributed by atoms with Crippen LogP contribution in [0.15, 0.2) is 71.4 Å². The number of nitrogens with zero attached hydrogens (tertiary/aromatic N) is 1. The number of carbonyl (C=O) groups excluding carboxylic acids is 1. The van der Waals surface area contributed by atoms with E-state index in [1.165, 1.54) is 22.8 Å². The van der Waals surface area contributed by atoms with E-state index in [9.17, 15) is 4.79 Å². The summed E-state index contributed by atoms with van der Waals surface area (Å²) in [7, 11) is 0. The Bertz CT molecular complexity index is 1040. The van der Waals surface area contributed by atoms with Crippen LogP contribution in [-0.2, 0) is 4.79 Å². The highest BCUT2D eigenvalue weighted by Gasteiger charge is 2.09. The molecule has 25 heavy (non-hydrogen) atoms. The van der Waals surface area contributed by atoms with Crippen molar-refractivity contribution in [3.05, 3.63) is 76.3 Å². The average Bonchev–Trinajstić information content (AvgIpc) is 3.31. The fourth-order valence-corrected chi connectivity index (χ4v) is 3.93. The van der Waals surface area contributed by atoms with E-state index >= 15 is 0 Å². The van der Waals surface area contributed by atoms with Crippen LogP contribution >= 0.6 is 22.7 Å². The van der Waals surface area contributed by atoms with Crippen LogP contribution in [0.4, 0.5) is 5.13 Å². The lowest BCUT2D eigenvalue weighted by Gasteiger charge is -2.03. The second-order valence-electron chi connectivity index (χ2n) is 5.40. The van der Waals surface area contributed by atoms with Gasteiger partial charge in [0.25, 0.3) is 0 Å². The third kappa shape index (κ3) is 3.52. The normalized spacial score (nSPS) is 11.2. The van der Waals surface area contributed by atoms with Gasteiger partial charge in [-0.05, 0) is 28.3 Å². The summed E-state index contributed by atoms with van der Waals surface area (Å²) in [6, 6.07) is 18.3. The number of amides is 1. The van der Waals surface area contributed by atoms with E-state index in [-0.39, 0.29) is 5.91 Å². The van der Waals surface area contributed by atoms with Gasteiger partial charge in [0.1, 0.15) is 0 Å². The second kappa shape index (κ2) is 7.01. The van der Waals surface area contributed by atoms with Gasteiger partial charge in [0.05, 0.1) is 5.69 Å². The highest BCUT2D eigenvalue weighted by molar-refractivity contribution is 7.14. The predicted molar refractivity (Wildman–Crippen MR) is 107 cm³/mol. The summed E-state index contributed by atoms with van der Waals surface area (Å²) in [6.07, 6.45) is 3.34. The number of hydrogen-bond donors (Lipinski definition) is 1. The number of anilines is 1. The molecular weight excluding hydrogens is 348 g/mol. The van der Waals surface area contributed by atoms with Gasteiger partial charge < -0.3 is 0 Å². The van der Waals surface area contributed by atoms with E-state index in [1.54, 1.807) is 17.4 Å². The number of hydrogen-bond acceptors (Lipinski definition) is 4. The van der Waals surface area contributed by atoms with Crippen molar-refractivity contribution in [1.29, 1.82) is 0 Å². The molecule has 0 aliphatic heterocycles. The molecule has 122 valence electrons. The number of thiophene rings is 1. The molecule has 1 amide bonds. The van der Waals surface area contributed by atoms with E-state index in [4.69, 9.17) is 0 Å². The molecule has 4 rings (SSSR count). The molecule has 0 saturated carbocycles. The van der Waals surface area contributed by atoms with E-state index in [1.807, 2.05) is 41.1 Å². The van der Waals surface area contributed by atoms with Crippen molar-refractivity contribution < 1.29 is 4.79 Å². The number of fused-ring (bicyclic) bond motifs is 1. The van der Waals surface area contributed by atoms with Crippen LogP contribution in [0.5, 0.6) is 0 Å². The van der Waals surface area contributed by atoms with Crippen molar-refractivity contribution in [3.63, 3.8) is 0 Å². The Morgan fingerprint density at radius 3 is 2.76 bits per heavy atom. The third-order valence-corrected chi connectivity index (χ3v) is 5.34. The van der Waals surface area contributed by atoms with Crippen LogP contribution in [0, 0.1) is 0 Å². The lowest BCUT2D eigenvalue weighted by Crippen LogP contribution is -2.07. The number of aromatic nitrogens is 1. The van der Waals surface area contributed by atoms with Gasteiger partial charge in [-0.25, -0.2) is 4.98 Å². The molecule has 2 aromatic carbocycles. The average molecular weight is 362 g/mol. The molecule has 4 aromatic rings. The zero-order valence-electron chi connectivity index (χ0n) is 13.2. The molecule has 3 nitrogen and oxygen atoms in total. The maximum absolute atomic E-state index is 12.0. The summed E-state index contributed by atoms with van der Waals surface area (Å²) in [6.45, 7) is 0. The van der Waals surface area contributed by atoms with Crippen molar-refractivity contribution in [1.82, 2.24) is 4.98 Å². The zero-order valence-corrected chi connectivity index (χ0v) is 14.8. The van der Waals surface area contributed by atoms with Crippen molar-refractivity contribution in [2.24, 2.45) is 0 Å². The summed E-state index contributed by atoms with van der Waals surface area (Å²) in [4.78, 5) is 17.7. The van der Waals surface area contributed by atoms with Crippen molar-refractivity contribution in [2.75, 3.05) is 5.32 Å².